The van der Waals surface area contributed by atoms with E-state index in [0.29, 0.717) is 18.0 Å². The average molecular weight is 321 g/mol. The zero-order valence-corrected chi connectivity index (χ0v) is 13.4. The topological polar surface area (TPSA) is 56.3 Å². The maximum absolute atomic E-state index is 12.6. The first-order valence-electron chi connectivity index (χ1n) is 7.76. The molecular weight excluding hydrogens is 300 g/mol. The molecule has 0 aliphatic carbocycles. The summed E-state index contributed by atoms with van der Waals surface area (Å²) in [6.07, 6.45) is 3.84. The van der Waals surface area contributed by atoms with Crippen molar-refractivity contribution in [3.05, 3.63) is 35.0 Å². The van der Waals surface area contributed by atoms with Crippen molar-refractivity contribution in [2.45, 2.75) is 32.3 Å². The van der Waals surface area contributed by atoms with Gasteiger partial charge in [0.1, 0.15) is 0 Å². The maximum atomic E-state index is 12.6. The van der Waals surface area contributed by atoms with E-state index >= 15 is 0 Å². The fourth-order valence-electron chi connectivity index (χ4n) is 3.20. The molecule has 2 heterocycles. The number of carbonyl (C=O) groups excluding carboxylic acids is 1. The number of piperidine rings is 1. The molecule has 2 atom stereocenters. The summed E-state index contributed by atoms with van der Waals surface area (Å²) in [6.45, 7) is 3.24. The van der Waals surface area contributed by atoms with Crippen molar-refractivity contribution in [1.82, 2.24) is 9.88 Å². The number of carbonyl (C=O) groups is 1. The highest BCUT2D eigenvalue weighted by Gasteiger charge is 2.26. The van der Waals surface area contributed by atoms with Gasteiger partial charge in [-0.15, -0.1) is 0 Å². The molecule has 1 aliphatic heterocycles. The summed E-state index contributed by atoms with van der Waals surface area (Å²) in [5, 5.41) is 11.4. The molecule has 1 aliphatic rings. The summed E-state index contributed by atoms with van der Waals surface area (Å²) in [6, 6.07) is 5.66. The number of aromatic nitrogens is 1. The number of halogens is 1. The number of aliphatic hydroxyl groups excluding tert-OH is 1. The number of amides is 1. The smallest absolute Gasteiger partial charge is 0.227 e. The molecule has 2 N–H and O–H groups in total. The summed E-state index contributed by atoms with van der Waals surface area (Å²) in [5.74, 6) is 0.307. The van der Waals surface area contributed by atoms with E-state index in [2.05, 4.69) is 4.98 Å². The van der Waals surface area contributed by atoms with Gasteiger partial charge in [-0.25, -0.2) is 0 Å². The van der Waals surface area contributed by atoms with E-state index in [9.17, 15) is 9.90 Å². The van der Waals surface area contributed by atoms with Crippen LogP contribution in [0.4, 0.5) is 0 Å². The van der Waals surface area contributed by atoms with Crippen LogP contribution in [-0.2, 0) is 11.2 Å². The van der Waals surface area contributed by atoms with E-state index in [1.165, 1.54) is 0 Å². The summed E-state index contributed by atoms with van der Waals surface area (Å²) in [7, 11) is 0. The normalized spacial score (nSPS) is 20.3. The molecule has 1 aromatic carbocycles. The number of hydrogen-bond donors (Lipinski definition) is 2. The highest BCUT2D eigenvalue weighted by atomic mass is 35.5. The van der Waals surface area contributed by atoms with Gasteiger partial charge in [-0.2, -0.15) is 0 Å². The van der Waals surface area contributed by atoms with Crippen LogP contribution in [0, 0.1) is 5.92 Å². The largest absolute Gasteiger partial charge is 0.393 e. The maximum Gasteiger partial charge on any atom is 0.227 e. The first-order valence-corrected chi connectivity index (χ1v) is 8.14. The van der Waals surface area contributed by atoms with Crippen molar-refractivity contribution in [1.29, 1.82) is 0 Å². The lowest BCUT2D eigenvalue weighted by molar-refractivity contribution is -0.133. The average Bonchev–Trinajstić information content (AvgIpc) is 2.89. The minimum atomic E-state index is -0.359. The van der Waals surface area contributed by atoms with Crippen LogP contribution in [0.25, 0.3) is 10.9 Å². The predicted molar refractivity (Wildman–Crippen MR) is 88.0 cm³/mol. The fraction of sp³-hybridized carbons (Fsp3) is 0.471. The molecule has 22 heavy (non-hydrogen) atoms. The number of fused-ring (bicyclic) bond motifs is 1. The van der Waals surface area contributed by atoms with Gasteiger partial charge in [-0.3, -0.25) is 4.79 Å². The summed E-state index contributed by atoms with van der Waals surface area (Å²) >= 11 is 6.05. The zero-order valence-electron chi connectivity index (χ0n) is 12.7. The Morgan fingerprint density at radius 1 is 1.55 bits per heavy atom. The molecule has 0 bridgehead atoms. The molecular formula is C17H21ClN2O2. The van der Waals surface area contributed by atoms with Gasteiger partial charge in [0.15, 0.2) is 0 Å². The standard InChI is InChI=1S/C17H21ClN2O2/c1-11(21)12-3-2-6-20(10-12)17(22)7-13-9-19-16-5-4-14(18)8-15(13)16/h4-5,8-9,11-12,19,21H,2-3,6-7,10H2,1H3. The van der Waals surface area contributed by atoms with Gasteiger partial charge in [-0.1, -0.05) is 11.6 Å². The molecule has 3 rings (SSSR count). The van der Waals surface area contributed by atoms with Crippen LogP contribution < -0.4 is 0 Å². The van der Waals surface area contributed by atoms with Crippen molar-refractivity contribution in [3.63, 3.8) is 0 Å². The number of rotatable bonds is 3. The van der Waals surface area contributed by atoms with E-state index < -0.39 is 0 Å². The Bertz CT molecular complexity index is 680. The predicted octanol–water partition coefficient (Wildman–Crippen LogP) is 2.98. The van der Waals surface area contributed by atoms with Crippen molar-refractivity contribution in [2.24, 2.45) is 5.92 Å². The summed E-state index contributed by atoms with van der Waals surface area (Å²) in [5.41, 5.74) is 1.97. The van der Waals surface area contributed by atoms with Gasteiger partial charge in [0.25, 0.3) is 0 Å². The van der Waals surface area contributed by atoms with Crippen LogP contribution >= 0.6 is 11.6 Å². The van der Waals surface area contributed by atoms with Gasteiger partial charge in [0.05, 0.1) is 12.5 Å². The third kappa shape index (κ3) is 3.13. The number of nitrogens with one attached hydrogen (secondary N) is 1. The molecule has 1 fully saturated rings. The number of likely N-dealkylation sites (tertiary alicyclic amines) is 1. The highest BCUT2D eigenvalue weighted by molar-refractivity contribution is 6.31. The Kier molecular flexibility index (Phi) is 4.41. The van der Waals surface area contributed by atoms with E-state index in [0.717, 1.165) is 35.9 Å². The van der Waals surface area contributed by atoms with Gasteiger partial charge in [-0.05, 0) is 43.5 Å². The number of H-pyrrole nitrogens is 1. The fourth-order valence-corrected chi connectivity index (χ4v) is 3.37. The van der Waals surface area contributed by atoms with E-state index in [1.807, 2.05) is 29.3 Å². The molecule has 2 aromatic rings. The van der Waals surface area contributed by atoms with Gasteiger partial charge in [0, 0.05) is 41.1 Å². The van der Waals surface area contributed by atoms with Crippen LogP contribution in [0.1, 0.15) is 25.3 Å². The molecule has 2 unspecified atom stereocenters. The van der Waals surface area contributed by atoms with Crippen molar-refractivity contribution in [3.8, 4) is 0 Å². The third-order valence-electron chi connectivity index (χ3n) is 4.56. The number of benzene rings is 1. The Labute approximate surface area is 135 Å². The first-order chi connectivity index (χ1) is 10.5. The molecule has 0 radical (unpaired) electrons. The van der Waals surface area contributed by atoms with Crippen molar-refractivity contribution < 1.29 is 9.90 Å². The summed E-state index contributed by atoms with van der Waals surface area (Å²) < 4.78 is 0. The molecule has 0 spiro atoms. The Hall–Kier alpha value is -1.52. The number of aliphatic hydroxyl groups is 1. The van der Waals surface area contributed by atoms with Crippen LogP contribution in [0.3, 0.4) is 0 Å². The lowest BCUT2D eigenvalue weighted by atomic mass is 9.93. The molecule has 1 aromatic heterocycles. The highest BCUT2D eigenvalue weighted by Crippen LogP contribution is 2.24. The monoisotopic (exact) mass is 320 g/mol. The number of aromatic amines is 1. The molecule has 1 amide bonds. The molecule has 1 saturated heterocycles. The van der Waals surface area contributed by atoms with Crippen LogP contribution in [0.15, 0.2) is 24.4 Å². The Morgan fingerprint density at radius 2 is 2.36 bits per heavy atom. The summed E-state index contributed by atoms with van der Waals surface area (Å²) in [4.78, 5) is 17.6. The number of hydrogen-bond acceptors (Lipinski definition) is 2. The van der Waals surface area contributed by atoms with Crippen LogP contribution in [-0.4, -0.2) is 40.1 Å². The quantitative estimate of drug-likeness (QED) is 0.913. The zero-order chi connectivity index (χ0) is 15.7. The second-order valence-electron chi connectivity index (χ2n) is 6.16. The minimum absolute atomic E-state index is 0.117. The molecule has 5 heteroatoms. The SMILES string of the molecule is CC(O)C1CCCN(C(=O)Cc2c[nH]c3ccc(Cl)cc23)C1. The molecule has 0 saturated carbocycles. The van der Waals surface area contributed by atoms with E-state index in [4.69, 9.17) is 11.6 Å². The number of nitrogens with zero attached hydrogens (tertiary/aromatic N) is 1. The Balaban J connectivity index is 1.74. The van der Waals surface area contributed by atoms with E-state index in [-0.39, 0.29) is 17.9 Å². The Morgan fingerprint density at radius 3 is 3.14 bits per heavy atom. The second kappa shape index (κ2) is 6.31. The third-order valence-corrected chi connectivity index (χ3v) is 4.80. The van der Waals surface area contributed by atoms with Crippen LogP contribution in [0.2, 0.25) is 5.02 Å². The molecule has 118 valence electrons. The lowest BCUT2D eigenvalue weighted by Crippen LogP contribution is -2.43. The van der Waals surface area contributed by atoms with Crippen LogP contribution in [0.5, 0.6) is 0 Å². The van der Waals surface area contributed by atoms with Gasteiger partial charge in [0.2, 0.25) is 5.91 Å². The van der Waals surface area contributed by atoms with E-state index in [1.54, 1.807) is 6.92 Å². The lowest BCUT2D eigenvalue weighted by Gasteiger charge is -2.34. The van der Waals surface area contributed by atoms with Gasteiger partial charge < -0.3 is 15.0 Å². The second-order valence-corrected chi connectivity index (χ2v) is 6.60. The minimum Gasteiger partial charge on any atom is -0.393 e. The van der Waals surface area contributed by atoms with Crippen molar-refractivity contribution in [2.75, 3.05) is 13.1 Å². The van der Waals surface area contributed by atoms with Gasteiger partial charge >= 0.3 is 0 Å². The first kappa shape index (κ1) is 15.4. The van der Waals surface area contributed by atoms with Crippen molar-refractivity contribution >= 4 is 28.4 Å². The molecule has 4 nitrogen and oxygen atoms in total.